The summed E-state index contributed by atoms with van der Waals surface area (Å²) in [4.78, 5) is 10.8. The molecular formula is C10H7F10NO5S. The van der Waals surface area contributed by atoms with E-state index in [1.54, 1.807) is 0 Å². The van der Waals surface area contributed by atoms with E-state index in [-0.39, 0.29) is 11.0 Å². The zero-order valence-corrected chi connectivity index (χ0v) is 13.1. The van der Waals surface area contributed by atoms with E-state index in [4.69, 9.17) is 5.11 Å². The van der Waals surface area contributed by atoms with Crippen LogP contribution >= 0.6 is 0 Å². The minimum absolute atomic E-state index is 0.190. The van der Waals surface area contributed by atoms with Crippen LogP contribution in [0, 0.1) is 0 Å². The first-order chi connectivity index (χ1) is 11.8. The number of carbonyl (C=O) groups is 1. The SMILES string of the molecule is O=C(O)N1CC=C(OS(=O)(=O)C(F)(F)C(F)(F)C(F)(F)C(F)(F)F)C(F)C1. The number of alkyl halides is 10. The summed E-state index contributed by atoms with van der Waals surface area (Å²) in [5, 5.41) is 1.40. The molecule has 0 aliphatic carbocycles. The van der Waals surface area contributed by atoms with E-state index in [9.17, 15) is 57.1 Å². The molecule has 158 valence electrons. The van der Waals surface area contributed by atoms with Gasteiger partial charge in [0, 0.05) is 6.54 Å². The molecule has 0 aromatic rings. The van der Waals surface area contributed by atoms with Crippen molar-refractivity contribution in [2.75, 3.05) is 13.1 Å². The number of carboxylic acid groups (broad SMARTS) is 1. The van der Waals surface area contributed by atoms with Gasteiger partial charge in [0.1, 0.15) is 0 Å². The van der Waals surface area contributed by atoms with Gasteiger partial charge in [-0.1, -0.05) is 0 Å². The molecule has 27 heavy (non-hydrogen) atoms. The molecule has 1 atom stereocenters. The molecule has 17 heteroatoms. The first-order valence-corrected chi connectivity index (χ1v) is 7.66. The van der Waals surface area contributed by atoms with Gasteiger partial charge in [-0.2, -0.15) is 47.9 Å². The Kier molecular flexibility index (Phi) is 5.64. The summed E-state index contributed by atoms with van der Waals surface area (Å²) in [6, 6.07) is 0. The summed E-state index contributed by atoms with van der Waals surface area (Å²) in [7, 11) is -7.27. The first-order valence-electron chi connectivity index (χ1n) is 6.25. The van der Waals surface area contributed by atoms with Crippen molar-refractivity contribution < 1.29 is 66.4 Å². The average molecular weight is 443 g/mol. The summed E-state index contributed by atoms with van der Waals surface area (Å²) in [5.74, 6) is -16.7. The highest BCUT2D eigenvalue weighted by Gasteiger charge is 2.86. The lowest BCUT2D eigenvalue weighted by atomic mass is 10.1. The monoisotopic (exact) mass is 443 g/mol. The fourth-order valence-corrected chi connectivity index (χ4v) is 2.60. The largest absolute Gasteiger partial charge is 0.465 e. The van der Waals surface area contributed by atoms with Crippen molar-refractivity contribution in [1.82, 2.24) is 4.90 Å². The van der Waals surface area contributed by atoms with E-state index >= 15 is 0 Å². The molecule has 1 heterocycles. The van der Waals surface area contributed by atoms with Crippen molar-refractivity contribution >= 4 is 16.2 Å². The van der Waals surface area contributed by atoms with Crippen molar-refractivity contribution in [3.8, 4) is 0 Å². The lowest BCUT2D eigenvalue weighted by Crippen LogP contribution is -2.63. The second kappa shape index (κ2) is 6.59. The summed E-state index contributed by atoms with van der Waals surface area (Å²) in [6.07, 6.45) is -11.6. The van der Waals surface area contributed by atoms with Crippen LogP contribution in [0.5, 0.6) is 0 Å². The van der Waals surface area contributed by atoms with Crippen LogP contribution in [-0.2, 0) is 14.3 Å². The van der Waals surface area contributed by atoms with Crippen LogP contribution in [-0.4, -0.2) is 67.1 Å². The maximum atomic E-state index is 13.6. The zero-order chi connectivity index (χ0) is 21.6. The normalized spacial score (nSPS) is 20.3. The zero-order valence-electron chi connectivity index (χ0n) is 12.3. The van der Waals surface area contributed by atoms with Gasteiger partial charge in [0.2, 0.25) is 0 Å². The third-order valence-corrected chi connectivity index (χ3v) is 4.40. The third-order valence-electron chi connectivity index (χ3n) is 3.11. The lowest BCUT2D eigenvalue weighted by molar-refractivity contribution is -0.382. The van der Waals surface area contributed by atoms with Crippen LogP contribution in [0.25, 0.3) is 0 Å². The van der Waals surface area contributed by atoms with Gasteiger partial charge in [-0.15, -0.1) is 0 Å². The minimum atomic E-state index is -7.52. The Morgan fingerprint density at radius 3 is 1.93 bits per heavy atom. The molecule has 0 fully saturated rings. The molecule has 1 aliphatic rings. The fourth-order valence-electron chi connectivity index (χ4n) is 1.63. The smallest absolute Gasteiger partial charge is 0.460 e. The van der Waals surface area contributed by atoms with Crippen LogP contribution in [0.1, 0.15) is 0 Å². The molecule has 0 saturated heterocycles. The Balaban J connectivity index is 3.25. The predicted octanol–water partition coefficient (Wildman–Crippen LogP) is 2.97. The standard InChI is InChI=1S/C10H7F10NO5S/c11-4-3-21(6(22)23)2-1-5(4)26-27(24,25)10(19,20)8(14,15)7(12,13)9(16,17)18/h1,4H,2-3H2,(H,22,23). The molecule has 0 radical (unpaired) electrons. The molecule has 1 rings (SSSR count). The Bertz CT molecular complexity index is 731. The second-order valence-electron chi connectivity index (χ2n) is 4.96. The molecule has 0 aromatic heterocycles. The number of hydrogen-bond acceptors (Lipinski definition) is 4. The molecule has 0 spiro atoms. The summed E-state index contributed by atoms with van der Waals surface area (Å²) < 4.78 is 154. The lowest BCUT2D eigenvalue weighted by Gasteiger charge is -2.33. The maximum absolute atomic E-state index is 13.6. The molecule has 0 aromatic carbocycles. The molecule has 1 aliphatic heterocycles. The van der Waals surface area contributed by atoms with E-state index in [0.29, 0.717) is 0 Å². The van der Waals surface area contributed by atoms with Gasteiger partial charge >= 0.3 is 39.5 Å². The highest BCUT2D eigenvalue weighted by Crippen LogP contribution is 2.55. The van der Waals surface area contributed by atoms with Gasteiger partial charge in [-0.25, -0.2) is 9.18 Å². The van der Waals surface area contributed by atoms with Crippen molar-refractivity contribution in [3.63, 3.8) is 0 Å². The number of hydrogen-bond donors (Lipinski definition) is 1. The van der Waals surface area contributed by atoms with Crippen LogP contribution in [0.2, 0.25) is 0 Å². The Morgan fingerprint density at radius 2 is 1.56 bits per heavy atom. The van der Waals surface area contributed by atoms with Gasteiger partial charge in [-0.05, 0) is 6.08 Å². The number of amides is 1. The maximum Gasteiger partial charge on any atom is 0.460 e. The highest BCUT2D eigenvalue weighted by atomic mass is 32.2. The highest BCUT2D eigenvalue weighted by molar-refractivity contribution is 7.88. The van der Waals surface area contributed by atoms with Gasteiger partial charge in [0.05, 0.1) is 6.54 Å². The molecule has 1 amide bonds. The number of nitrogens with zero attached hydrogens (tertiary/aromatic N) is 1. The van der Waals surface area contributed by atoms with Crippen molar-refractivity contribution in [2.24, 2.45) is 0 Å². The summed E-state index contributed by atoms with van der Waals surface area (Å²) in [5.41, 5.74) is 0. The van der Waals surface area contributed by atoms with Gasteiger partial charge < -0.3 is 14.2 Å². The molecule has 1 unspecified atom stereocenters. The summed E-state index contributed by atoms with van der Waals surface area (Å²) >= 11 is 0. The Morgan fingerprint density at radius 1 is 1.07 bits per heavy atom. The first kappa shape index (κ1) is 23.1. The van der Waals surface area contributed by atoms with E-state index in [1.807, 2.05) is 0 Å². The van der Waals surface area contributed by atoms with Crippen LogP contribution in [0.15, 0.2) is 11.8 Å². The number of halogens is 10. The predicted molar refractivity (Wildman–Crippen MR) is 63.5 cm³/mol. The van der Waals surface area contributed by atoms with Gasteiger partial charge in [0.25, 0.3) is 0 Å². The van der Waals surface area contributed by atoms with Gasteiger partial charge in [0.15, 0.2) is 11.9 Å². The fraction of sp³-hybridized carbons (Fsp3) is 0.700. The number of rotatable bonds is 5. The molecular weight excluding hydrogens is 436 g/mol. The topological polar surface area (TPSA) is 83.9 Å². The van der Waals surface area contributed by atoms with Gasteiger partial charge in [-0.3, -0.25) is 0 Å². The Labute approximate surface area is 143 Å². The molecule has 0 saturated carbocycles. The quantitative estimate of drug-likeness (QED) is 0.522. The minimum Gasteiger partial charge on any atom is -0.465 e. The molecule has 1 N–H and O–H groups in total. The average Bonchev–Trinajstić information content (AvgIpc) is 2.47. The van der Waals surface area contributed by atoms with E-state index in [2.05, 4.69) is 4.18 Å². The third kappa shape index (κ3) is 3.73. The van der Waals surface area contributed by atoms with E-state index < -0.39 is 64.5 Å². The van der Waals surface area contributed by atoms with Crippen molar-refractivity contribution in [3.05, 3.63) is 11.8 Å². The van der Waals surface area contributed by atoms with Crippen LogP contribution in [0.3, 0.4) is 0 Å². The van der Waals surface area contributed by atoms with Crippen molar-refractivity contribution in [2.45, 2.75) is 29.4 Å². The molecule has 0 bridgehead atoms. The van der Waals surface area contributed by atoms with Crippen LogP contribution < -0.4 is 0 Å². The van der Waals surface area contributed by atoms with Crippen LogP contribution in [0.4, 0.5) is 48.7 Å². The van der Waals surface area contributed by atoms with E-state index in [1.165, 1.54) is 0 Å². The second-order valence-corrected chi connectivity index (χ2v) is 6.55. The van der Waals surface area contributed by atoms with Crippen molar-refractivity contribution in [1.29, 1.82) is 0 Å². The Hall–Kier alpha value is -1.94. The van der Waals surface area contributed by atoms with E-state index in [0.717, 1.165) is 0 Å². The summed E-state index contributed by atoms with van der Waals surface area (Å²) in [6.45, 7) is -2.08. The molecule has 6 nitrogen and oxygen atoms in total.